The third kappa shape index (κ3) is 5.03. The summed E-state index contributed by atoms with van der Waals surface area (Å²) in [5, 5.41) is 28.8. The summed E-state index contributed by atoms with van der Waals surface area (Å²) in [4.78, 5) is 23.0. The molecule has 0 radical (unpaired) electrons. The SMILES string of the molecule is N#Cc1ncc(-c2ccc(N3C(=O)[C@H](SC[C@@H](O)c4ccc(F)cc4)[C@H]3c3ccc(O)cc3)cc2)cn1. The monoisotopic (exact) mass is 512 g/mol. The van der Waals surface area contributed by atoms with Crippen LogP contribution < -0.4 is 4.90 Å². The molecule has 184 valence electrons. The molecule has 7 nitrogen and oxygen atoms in total. The number of phenols is 1. The van der Waals surface area contributed by atoms with E-state index in [0.717, 1.165) is 16.7 Å². The zero-order valence-corrected chi connectivity index (χ0v) is 20.2. The molecular formula is C28H21FN4O3S. The maximum absolute atomic E-state index is 13.3. The number of phenolic OH excluding ortho intramolecular Hbond substituents is 1. The lowest BCUT2D eigenvalue weighted by molar-refractivity contribution is -0.123. The number of aromatic nitrogens is 2. The number of aliphatic hydroxyl groups is 1. The Labute approximate surface area is 216 Å². The van der Waals surface area contributed by atoms with Crippen molar-refractivity contribution in [3.05, 3.63) is 108 Å². The van der Waals surface area contributed by atoms with E-state index in [1.807, 2.05) is 30.3 Å². The number of nitriles is 1. The van der Waals surface area contributed by atoms with Crippen LogP contribution in [0.5, 0.6) is 5.75 Å². The first kappa shape index (κ1) is 24.4. The highest BCUT2D eigenvalue weighted by Gasteiger charge is 2.49. The van der Waals surface area contributed by atoms with Gasteiger partial charge in [0.1, 0.15) is 22.9 Å². The average molecular weight is 513 g/mol. The Bertz CT molecular complexity index is 1440. The molecule has 1 saturated heterocycles. The number of aromatic hydroxyl groups is 1. The third-order valence-corrected chi connectivity index (χ3v) is 7.53. The molecule has 5 rings (SSSR count). The van der Waals surface area contributed by atoms with Crippen molar-refractivity contribution in [3.8, 4) is 22.9 Å². The van der Waals surface area contributed by atoms with Gasteiger partial charge >= 0.3 is 0 Å². The Kier molecular flexibility index (Phi) is 6.86. The molecule has 1 aliphatic heterocycles. The molecule has 4 aromatic rings. The fourth-order valence-electron chi connectivity index (χ4n) is 4.23. The van der Waals surface area contributed by atoms with E-state index in [0.29, 0.717) is 11.3 Å². The Hall–Kier alpha value is -4.26. The van der Waals surface area contributed by atoms with Crippen LogP contribution in [0.1, 0.15) is 29.1 Å². The van der Waals surface area contributed by atoms with Crippen LogP contribution in [-0.2, 0) is 4.79 Å². The topological polar surface area (TPSA) is 110 Å². The fourth-order valence-corrected chi connectivity index (χ4v) is 5.53. The predicted molar refractivity (Wildman–Crippen MR) is 138 cm³/mol. The number of benzene rings is 3. The highest BCUT2D eigenvalue weighted by Crippen LogP contribution is 2.46. The number of hydrogen-bond acceptors (Lipinski definition) is 7. The van der Waals surface area contributed by atoms with Crippen LogP contribution in [0.3, 0.4) is 0 Å². The van der Waals surface area contributed by atoms with Gasteiger partial charge in [-0.1, -0.05) is 36.4 Å². The van der Waals surface area contributed by atoms with E-state index in [1.165, 1.54) is 36.0 Å². The zero-order chi connectivity index (χ0) is 25.9. The second-order valence-electron chi connectivity index (χ2n) is 8.52. The summed E-state index contributed by atoms with van der Waals surface area (Å²) in [5.74, 6) is 0.0202. The molecule has 2 heterocycles. The van der Waals surface area contributed by atoms with Crippen molar-refractivity contribution in [2.45, 2.75) is 17.4 Å². The fraction of sp³-hybridized carbons (Fsp3) is 0.143. The molecule has 1 aliphatic rings. The van der Waals surface area contributed by atoms with Gasteiger partial charge in [0.05, 0.1) is 12.1 Å². The lowest BCUT2D eigenvalue weighted by atomic mass is 9.92. The summed E-state index contributed by atoms with van der Waals surface area (Å²) in [5.41, 5.74) is 3.74. The van der Waals surface area contributed by atoms with Crippen LogP contribution in [0.2, 0.25) is 0 Å². The number of anilines is 1. The summed E-state index contributed by atoms with van der Waals surface area (Å²) >= 11 is 1.35. The average Bonchev–Trinajstić information content (AvgIpc) is 2.93. The molecule has 3 aromatic carbocycles. The molecule has 0 bridgehead atoms. The predicted octanol–water partition coefficient (Wildman–Crippen LogP) is 4.78. The van der Waals surface area contributed by atoms with Gasteiger partial charge < -0.3 is 15.1 Å². The Morgan fingerprint density at radius 1 is 0.973 bits per heavy atom. The summed E-state index contributed by atoms with van der Waals surface area (Å²) in [6, 6.07) is 21.4. The van der Waals surface area contributed by atoms with E-state index in [1.54, 1.807) is 41.6 Å². The molecule has 0 aliphatic carbocycles. The van der Waals surface area contributed by atoms with Crippen molar-refractivity contribution >= 4 is 23.4 Å². The van der Waals surface area contributed by atoms with Gasteiger partial charge in [-0.2, -0.15) is 5.26 Å². The second kappa shape index (κ2) is 10.4. The Morgan fingerprint density at radius 3 is 2.24 bits per heavy atom. The Balaban J connectivity index is 1.36. The van der Waals surface area contributed by atoms with E-state index < -0.39 is 11.4 Å². The van der Waals surface area contributed by atoms with Gasteiger partial charge in [0.2, 0.25) is 11.7 Å². The first-order chi connectivity index (χ1) is 17.9. The largest absolute Gasteiger partial charge is 0.508 e. The molecule has 2 N–H and O–H groups in total. The van der Waals surface area contributed by atoms with Crippen molar-refractivity contribution in [2.24, 2.45) is 0 Å². The number of halogens is 1. The van der Waals surface area contributed by atoms with E-state index in [4.69, 9.17) is 5.26 Å². The van der Waals surface area contributed by atoms with Crippen molar-refractivity contribution in [3.63, 3.8) is 0 Å². The first-order valence-corrected chi connectivity index (χ1v) is 12.5. The number of β-lactam (4-membered cyclic amide) rings is 1. The molecule has 0 unspecified atom stereocenters. The van der Waals surface area contributed by atoms with Gasteiger partial charge in [-0.15, -0.1) is 11.8 Å². The minimum absolute atomic E-state index is 0.0937. The van der Waals surface area contributed by atoms with Crippen LogP contribution in [0.25, 0.3) is 11.1 Å². The number of aliphatic hydroxyl groups excluding tert-OH is 1. The lowest BCUT2D eigenvalue weighted by Crippen LogP contribution is -2.57. The van der Waals surface area contributed by atoms with Crippen molar-refractivity contribution in [2.75, 3.05) is 10.7 Å². The van der Waals surface area contributed by atoms with Crippen LogP contribution in [0.4, 0.5) is 10.1 Å². The summed E-state index contributed by atoms with van der Waals surface area (Å²) < 4.78 is 13.2. The van der Waals surface area contributed by atoms with Gasteiger partial charge in [-0.3, -0.25) is 4.79 Å². The van der Waals surface area contributed by atoms with Gasteiger partial charge in [-0.05, 0) is 53.1 Å². The standard InChI is InChI=1S/C28H21FN4O3S/c29-21-7-1-18(2-8-21)24(35)16-37-27-26(19-5-11-23(34)12-6-19)33(28(27)36)22-9-3-17(4-10-22)20-14-31-25(13-30)32-15-20/h1-12,14-15,24,26-27,34-35H,16H2/t24-,26-,27-/m1/s1. The maximum Gasteiger partial charge on any atom is 0.243 e. The van der Waals surface area contributed by atoms with E-state index >= 15 is 0 Å². The zero-order valence-electron chi connectivity index (χ0n) is 19.4. The third-order valence-electron chi connectivity index (χ3n) is 6.20. The summed E-state index contributed by atoms with van der Waals surface area (Å²) in [7, 11) is 0. The molecule has 9 heteroatoms. The summed E-state index contributed by atoms with van der Waals surface area (Å²) in [6.07, 6.45) is 2.31. The number of carbonyl (C=O) groups is 1. The molecule has 1 aromatic heterocycles. The molecular weight excluding hydrogens is 491 g/mol. The highest BCUT2D eigenvalue weighted by atomic mass is 32.2. The van der Waals surface area contributed by atoms with E-state index in [2.05, 4.69) is 9.97 Å². The van der Waals surface area contributed by atoms with Crippen molar-refractivity contribution in [1.29, 1.82) is 5.26 Å². The van der Waals surface area contributed by atoms with Gasteiger partial charge in [0.25, 0.3) is 0 Å². The molecule has 1 amide bonds. The smallest absolute Gasteiger partial charge is 0.243 e. The maximum atomic E-state index is 13.3. The number of nitrogens with zero attached hydrogens (tertiary/aromatic N) is 4. The van der Waals surface area contributed by atoms with Crippen LogP contribution in [0.15, 0.2) is 85.2 Å². The first-order valence-electron chi connectivity index (χ1n) is 11.4. The number of carbonyl (C=O) groups excluding carboxylic acids is 1. The number of hydrogen-bond donors (Lipinski definition) is 2. The summed E-state index contributed by atoms with van der Waals surface area (Å²) in [6.45, 7) is 0. The van der Waals surface area contributed by atoms with E-state index in [9.17, 15) is 19.4 Å². The van der Waals surface area contributed by atoms with Crippen LogP contribution in [-0.4, -0.2) is 37.1 Å². The molecule has 1 fully saturated rings. The van der Waals surface area contributed by atoms with E-state index in [-0.39, 0.29) is 35.1 Å². The quantitative estimate of drug-likeness (QED) is 0.343. The molecule has 0 spiro atoms. The normalized spacial score (nSPS) is 17.6. The Morgan fingerprint density at radius 2 is 1.62 bits per heavy atom. The molecule has 37 heavy (non-hydrogen) atoms. The van der Waals surface area contributed by atoms with Crippen LogP contribution in [0, 0.1) is 17.1 Å². The van der Waals surface area contributed by atoms with Crippen molar-refractivity contribution in [1.82, 2.24) is 9.97 Å². The van der Waals surface area contributed by atoms with Crippen molar-refractivity contribution < 1.29 is 19.4 Å². The second-order valence-corrected chi connectivity index (χ2v) is 9.69. The number of thioether (sulfide) groups is 1. The molecule has 0 saturated carbocycles. The van der Waals surface area contributed by atoms with Gasteiger partial charge in [0, 0.05) is 29.4 Å². The minimum Gasteiger partial charge on any atom is -0.508 e. The minimum atomic E-state index is -0.846. The number of rotatable bonds is 7. The van der Waals surface area contributed by atoms with Gasteiger partial charge in [0.15, 0.2) is 0 Å². The van der Waals surface area contributed by atoms with Crippen LogP contribution >= 0.6 is 11.8 Å². The molecule has 3 atom stereocenters. The lowest BCUT2D eigenvalue weighted by Gasteiger charge is -2.47. The number of amides is 1. The highest BCUT2D eigenvalue weighted by molar-refractivity contribution is 8.00. The van der Waals surface area contributed by atoms with Gasteiger partial charge in [-0.25, -0.2) is 14.4 Å².